The highest BCUT2D eigenvalue weighted by atomic mass is 31.2. The normalized spacial score (nSPS) is 27.6. The van der Waals surface area contributed by atoms with Crippen LogP contribution < -0.4 is 11.2 Å². The fourth-order valence-electron chi connectivity index (χ4n) is 2.59. The highest BCUT2D eigenvalue weighted by Gasteiger charge is 2.50. The second kappa shape index (κ2) is 9.09. The number of nitrogens with zero attached hydrogens (tertiary/aromatic N) is 1. The molecule has 1 aromatic heterocycles. The fourth-order valence-corrected chi connectivity index (χ4v) is 3.60. The number of ether oxygens (including phenoxy) is 3. The van der Waals surface area contributed by atoms with E-state index in [0.29, 0.717) is 0 Å². The quantitative estimate of drug-likeness (QED) is 0.336. The number of nitrogens with one attached hydrogen (secondary N) is 1. The molecule has 28 heavy (non-hydrogen) atoms. The summed E-state index contributed by atoms with van der Waals surface area (Å²) in [5, 5.41) is 0. The number of rotatable bonds is 9. The summed E-state index contributed by atoms with van der Waals surface area (Å²) in [4.78, 5) is 53.2. The summed E-state index contributed by atoms with van der Waals surface area (Å²) in [6, 6.07) is 1.04. The first kappa shape index (κ1) is 23.1. The summed E-state index contributed by atoms with van der Waals surface area (Å²) in [7, 11) is -6.93. The molecule has 5 atom stereocenters. The van der Waals surface area contributed by atoms with Gasteiger partial charge in [-0.25, -0.2) is 9.36 Å². The van der Waals surface area contributed by atoms with Crippen molar-refractivity contribution in [2.24, 2.45) is 5.92 Å². The molecule has 1 aliphatic rings. The van der Waals surface area contributed by atoms with Crippen LogP contribution in [-0.2, 0) is 32.4 Å². The van der Waals surface area contributed by atoms with E-state index in [0.717, 1.165) is 23.9 Å². The van der Waals surface area contributed by atoms with Crippen molar-refractivity contribution < 1.29 is 47.1 Å². The molecule has 0 amide bonds. The van der Waals surface area contributed by atoms with E-state index in [4.69, 9.17) is 18.7 Å². The molecule has 1 fully saturated rings. The predicted molar refractivity (Wildman–Crippen MR) is 90.3 cm³/mol. The molecule has 4 N–H and O–H groups in total. The van der Waals surface area contributed by atoms with Crippen LogP contribution in [0.4, 0.5) is 0 Å². The molecule has 0 bridgehead atoms. The minimum absolute atomic E-state index is 0.193. The van der Waals surface area contributed by atoms with E-state index in [1.165, 1.54) is 7.11 Å². The minimum Gasteiger partial charge on any atom is -0.384 e. The van der Waals surface area contributed by atoms with Crippen molar-refractivity contribution in [3.8, 4) is 0 Å². The third-order valence-electron chi connectivity index (χ3n) is 3.76. The number of phosphoric acid groups is 1. The standard InChI is InChI=1S/C12H20N2O12P2/c1-22-5-7-9(26-28(19,20)21)11(24-6-27(17,18)23-2)25-10(7)14-4-3-8(15)13-12(14)16/h3-4,7,9-11H,5-6H2,1-2H3,(H,17,18)(H,13,15,16)(H2,19,20,21)/t7-,9+,10-,11+/m1/s1. The van der Waals surface area contributed by atoms with Crippen molar-refractivity contribution >= 4 is 15.4 Å². The third-order valence-corrected chi connectivity index (χ3v) is 5.32. The molecule has 1 unspecified atom stereocenters. The van der Waals surface area contributed by atoms with Crippen molar-refractivity contribution in [3.05, 3.63) is 33.1 Å². The molecule has 0 aromatic carbocycles. The first-order valence-electron chi connectivity index (χ1n) is 7.66. The van der Waals surface area contributed by atoms with Gasteiger partial charge in [0.2, 0.25) is 0 Å². The van der Waals surface area contributed by atoms with Gasteiger partial charge < -0.3 is 33.4 Å². The number of aromatic amines is 1. The van der Waals surface area contributed by atoms with Gasteiger partial charge in [0.1, 0.15) is 12.3 Å². The van der Waals surface area contributed by atoms with E-state index < -0.39 is 57.6 Å². The number of phosphoric ester groups is 1. The third kappa shape index (κ3) is 5.91. The number of hydrogen-bond acceptors (Lipinski definition) is 9. The molecule has 2 rings (SSSR count). The predicted octanol–water partition coefficient (Wildman–Crippen LogP) is -1.06. The van der Waals surface area contributed by atoms with E-state index in [1.807, 2.05) is 4.98 Å². The zero-order chi connectivity index (χ0) is 21.1. The van der Waals surface area contributed by atoms with Crippen molar-refractivity contribution in [1.29, 1.82) is 0 Å². The van der Waals surface area contributed by atoms with E-state index in [2.05, 4.69) is 4.52 Å². The van der Waals surface area contributed by atoms with Crippen LogP contribution >= 0.6 is 15.4 Å². The van der Waals surface area contributed by atoms with Crippen molar-refractivity contribution in [3.63, 3.8) is 0 Å². The van der Waals surface area contributed by atoms with E-state index in [9.17, 15) is 33.4 Å². The SMILES string of the molecule is COC[C@@H]1[C@H](OP(=O)(O)O)[C@@H](OCP(=O)(O)OC)O[C@H]1n1ccc(=O)[nH]c1=O. The van der Waals surface area contributed by atoms with Crippen LogP contribution in [0, 0.1) is 5.92 Å². The van der Waals surface area contributed by atoms with Crippen LogP contribution in [0.15, 0.2) is 21.9 Å². The zero-order valence-electron chi connectivity index (χ0n) is 14.7. The maximum Gasteiger partial charge on any atom is 0.470 e. The Morgan fingerprint density at radius 2 is 1.93 bits per heavy atom. The topological polar surface area (TPSA) is 196 Å². The molecule has 1 saturated heterocycles. The molecular weight excluding hydrogens is 426 g/mol. The van der Waals surface area contributed by atoms with Crippen LogP contribution in [0.5, 0.6) is 0 Å². The lowest BCUT2D eigenvalue weighted by molar-refractivity contribution is -0.167. The van der Waals surface area contributed by atoms with Gasteiger partial charge in [0.15, 0.2) is 12.6 Å². The maximum absolute atomic E-state index is 12.1. The Hall–Kier alpha value is -1.18. The summed E-state index contributed by atoms with van der Waals surface area (Å²) < 4.78 is 48.7. The van der Waals surface area contributed by atoms with Gasteiger partial charge in [-0.1, -0.05) is 0 Å². The average molecular weight is 446 g/mol. The number of H-pyrrole nitrogens is 1. The minimum atomic E-state index is -5.05. The number of aromatic nitrogens is 2. The van der Waals surface area contributed by atoms with Crippen molar-refractivity contribution in [2.45, 2.75) is 18.6 Å². The Kier molecular flexibility index (Phi) is 7.50. The van der Waals surface area contributed by atoms with E-state index in [1.54, 1.807) is 0 Å². The van der Waals surface area contributed by atoms with Gasteiger partial charge in [-0.3, -0.25) is 23.4 Å². The Bertz CT molecular complexity index is 878. The largest absolute Gasteiger partial charge is 0.470 e. The summed E-state index contributed by atoms with van der Waals surface area (Å²) in [6.45, 7) is -0.193. The first-order chi connectivity index (χ1) is 13.0. The average Bonchev–Trinajstić information content (AvgIpc) is 2.90. The molecule has 1 aliphatic heterocycles. The molecule has 2 heterocycles. The molecule has 160 valence electrons. The Balaban J connectivity index is 2.39. The van der Waals surface area contributed by atoms with Crippen LogP contribution in [0.3, 0.4) is 0 Å². The number of methoxy groups -OCH3 is 1. The van der Waals surface area contributed by atoms with Crippen molar-refractivity contribution in [2.75, 3.05) is 27.2 Å². The summed E-state index contributed by atoms with van der Waals surface area (Å²) in [6.07, 6.45) is -4.04. The molecule has 0 aliphatic carbocycles. The molecule has 0 radical (unpaired) electrons. The van der Waals surface area contributed by atoms with Crippen molar-refractivity contribution in [1.82, 2.24) is 9.55 Å². The van der Waals surface area contributed by atoms with Gasteiger partial charge in [-0.15, -0.1) is 0 Å². The molecule has 0 saturated carbocycles. The van der Waals surface area contributed by atoms with Gasteiger partial charge >= 0.3 is 21.1 Å². The smallest absolute Gasteiger partial charge is 0.384 e. The van der Waals surface area contributed by atoms with Gasteiger partial charge in [0, 0.05) is 26.5 Å². The van der Waals surface area contributed by atoms with E-state index >= 15 is 0 Å². The Morgan fingerprint density at radius 1 is 1.25 bits per heavy atom. The lowest BCUT2D eigenvalue weighted by Crippen LogP contribution is -2.37. The fraction of sp³-hybridized carbons (Fsp3) is 0.667. The first-order valence-corrected chi connectivity index (χ1v) is 11.0. The van der Waals surface area contributed by atoms with E-state index in [-0.39, 0.29) is 6.61 Å². The van der Waals surface area contributed by atoms with Crippen LogP contribution in [0.2, 0.25) is 0 Å². The van der Waals surface area contributed by atoms with Gasteiger partial charge in [0.05, 0.1) is 12.5 Å². The second-order valence-corrected chi connectivity index (χ2v) is 8.80. The molecule has 1 aromatic rings. The van der Waals surface area contributed by atoms with Gasteiger partial charge in [-0.05, 0) is 0 Å². The molecule has 0 spiro atoms. The molecule has 16 heteroatoms. The monoisotopic (exact) mass is 446 g/mol. The summed E-state index contributed by atoms with van der Waals surface area (Å²) >= 11 is 0. The number of hydrogen-bond donors (Lipinski definition) is 4. The van der Waals surface area contributed by atoms with Crippen LogP contribution in [0.25, 0.3) is 0 Å². The van der Waals surface area contributed by atoms with Gasteiger partial charge in [-0.2, -0.15) is 0 Å². The highest BCUT2D eigenvalue weighted by molar-refractivity contribution is 7.52. The summed E-state index contributed by atoms with van der Waals surface area (Å²) in [5.41, 5.74) is -1.53. The lowest BCUT2D eigenvalue weighted by Gasteiger charge is -2.24. The molecular formula is C12H20N2O12P2. The molecule has 14 nitrogen and oxygen atoms in total. The van der Waals surface area contributed by atoms with Crippen LogP contribution in [-0.4, -0.2) is 63.8 Å². The lowest BCUT2D eigenvalue weighted by atomic mass is 10.0. The maximum atomic E-state index is 12.1. The van der Waals surface area contributed by atoms with Crippen LogP contribution in [0.1, 0.15) is 6.23 Å². The Morgan fingerprint density at radius 3 is 2.46 bits per heavy atom. The zero-order valence-corrected chi connectivity index (χ0v) is 16.5. The Labute approximate surface area is 157 Å². The second-order valence-electron chi connectivity index (χ2n) is 5.71. The highest BCUT2D eigenvalue weighted by Crippen LogP contribution is 2.48. The van der Waals surface area contributed by atoms with Gasteiger partial charge in [0.25, 0.3) is 5.56 Å². The summed E-state index contributed by atoms with van der Waals surface area (Å²) in [5.74, 6) is -0.994.